The van der Waals surface area contributed by atoms with E-state index in [-0.39, 0.29) is 0 Å². The molecule has 1 unspecified atom stereocenters. The largest absolute Gasteiger partial charge is 0.385 e. The van der Waals surface area contributed by atoms with Crippen molar-refractivity contribution in [3.63, 3.8) is 0 Å². The molecular formula is C10H20N4O. The number of hydrogen-bond donors (Lipinski definition) is 2. The summed E-state index contributed by atoms with van der Waals surface area (Å²) >= 11 is 0. The lowest BCUT2D eigenvalue weighted by atomic mass is 10.1. The zero-order valence-electron chi connectivity index (χ0n) is 9.44. The van der Waals surface area contributed by atoms with E-state index in [9.17, 15) is 0 Å². The number of rotatable bonds is 7. The van der Waals surface area contributed by atoms with Crippen molar-refractivity contribution in [2.45, 2.75) is 25.3 Å². The van der Waals surface area contributed by atoms with Crippen LogP contribution in [0.25, 0.3) is 0 Å². The monoisotopic (exact) mass is 212 g/mol. The first kappa shape index (κ1) is 12.2. The molecule has 15 heavy (non-hydrogen) atoms. The Morgan fingerprint density at radius 3 is 2.93 bits per heavy atom. The van der Waals surface area contributed by atoms with Crippen LogP contribution in [0.15, 0.2) is 12.4 Å². The molecular weight excluding hydrogens is 192 g/mol. The third-order valence-electron chi connectivity index (χ3n) is 2.45. The third-order valence-corrected chi connectivity index (χ3v) is 2.45. The second-order valence-corrected chi connectivity index (χ2v) is 3.71. The molecule has 3 N–H and O–H groups in total. The Morgan fingerprint density at radius 2 is 2.40 bits per heavy atom. The van der Waals surface area contributed by atoms with Gasteiger partial charge in [-0.3, -0.25) is 16.0 Å². The van der Waals surface area contributed by atoms with Gasteiger partial charge in [-0.25, -0.2) is 0 Å². The van der Waals surface area contributed by atoms with Crippen molar-refractivity contribution in [3.05, 3.63) is 18.0 Å². The summed E-state index contributed by atoms with van der Waals surface area (Å²) in [5.74, 6) is 5.46. The van der Waals surface area contributed by atoms with Gasteiger partial charge in [0.15, 0.2) is 0 Å². The van der Waals surface area contributed by atoms with E-state index < -0.39 is 0 Å². The molecule has 0 saturated heterocycles. The summed E-state index contributed by atoms with van der Waals surface area (Å²) in [5.41, 5.74) is 4.05. The van der Waals surface area contributed by atoms with Crippen LogP contribution in [0.5, 0.6) is 0 Å². The first-order chi connectivity index (χ1) is 7.26. The highest BCUT2D eigenvalue weighted by atomic mass is 16.5. The first-order valence-electron chi connectivity index (χ1n) is 5.19. The van der Waals surface area contributed by atoms with Crippen molar-refractivity contribution in [1.29, 1.82) is 0 Å². The van der Waals surface area contributed by atoms with E-state index in [0.29, 0.717) is 6.04 Å². The maximum Gasteiger partial charge on any atom is 0.0521 e. The van der Waals surface area contributed by atoms with Crippen molar-refractivity contribution >= 4 is 0 Å². The van der Waals surface area contributed by atoms with Gasteiger partial charge in [0.05, 0.1) is 6.20 Å². The number of aryl methyl sites for hydroxylation is 2. The van der Waals surface area contributed by atoms with Crippen LogP contribution in [-0.2, 0) is 18.2 Å². The third kappa shape index (κ3) is 4.42. The zero-order chi connectivity index (χ0) is 11.1. The predicted octanol–water partition coefficient (Wildman–Crippen LogP) is 0.221. The molecule has 0 aromatic carbocycles. The van der Waals surface area contributed by atoms with Gasteiger partial charge in [0, 0.05) is 33.0 Å². The van der Waals surface area contributed by atoms with E-state index in [1.807, 2.05) is 24.1 Å². The highest BCUT2D eigenvalue weighted by molar-refractivity contribution is 5.03. The fourth-order valence-electron chi connectivity index (χ4n) is 1.51. The topological polar surface area (TPSA) is 65.1 Å². The molecule has 1 aromatic heterocycles. The minimum atomic E-state index is 0.310. The summed E-state index contributed by atoms with van der Waals surface area (Å²) in [6.45, 7) is 0.738. The summed E-state index contributed by atoms with van der Waals surface area (Å²) in [4.78, 5) is 0. The lowest BCUT2D eigenvalue weighted by Crippen LogP contribution is -2.36. The van der Waals surface area contributed by atoms with Gasteiger partial charge in [-0.2, -0.15) is 5.10 Å². The number of ether oxygens (including phenoxy) is 1. The molecule has 1 heterocycles. The molecule has 1 rings (SSSR count). The molecule has 0 aliphatic carbocycles. The van der Waals surface area contributed by atoms with Crippen molar-refractivity contribution in [2.75, 3.05) is 13.7 Å². The number of aromatic nitrogens is 2. The average Bonchev–Trinajstić information content (AvgIpc) is 2.65. The van der Waals surface area contributed by atoms with Gasteiger partial charge >= 0.3 is 0 Å². The van der Waals surface area contributed by atoms with Crippen LogP contribution in [0.2, 0.25) is 0 Å². The number of methoxy groups -OCH3 is 1. The lowest BCUT2D eigenvalue weighted by molar-refractivity contribution is 0.181. The molecule has 1 aromatic rings. The van der Waals surface area contributed by atoms with Crippen LogP contribution in [-0.4, -0.2) is 29.5 Å². The van der Waals surface area contributed by atoms with Gasteiger partial charge in [0.1, 0.15) is 0 Å². The summed E-state index contributed by atoms with van der Waals surface area (Å²) in [5, 5.41) is 4.12. The first-order valence-corrected chi connectivity index (χ1v) is 5.19. The van der Waals surface area contributed by atoms with Crippen molar-refractivity contribution in [1.82, 2.24) is 15.2 Å². The molecule has 0 aliphatic rings. The highest BCUT2D eigenvalue weighted by Gasteiger charge is 2.07. The molecule has 5 nitrogen and oxygen atoms in total. The molecule has 86 valence electrons. The van der Waals surface area contributed by atoms with E-state index in [1.165, 1.54) is 5.56 Å². The Morgan fingerprint density at radius 1 is 1.60 bits per heavy atom. The SMILES string of the molecule is COCCC(CCc1cnn(C)c1)NN. The van der Waals surface area contributed by atoms with E-state index >= 15 is 0 Å². The molecule has 0 bridgehead atoms. The van der Waals surface area contributed by atoms with Crippen LogP contribution >= 0.6 is 0 Å². The van der Waals surface area contributed by atoms with E-state index in [4.69, 9.17) is 10.6 Å². The van der Waals surface area contributed by atoms with Gasteiger partial charge in [0.2, 0.25) is 0 Å². The molecule has 0 spiro atoms. The molecule has 0 fully saturated rings. The number of hydrogen-bond acceptors (Lipinski definition) is 4. The Labute approximate surface area is 90.6 Å². The Kier molecular flexibility index (Phi) is 5.31. The van der Waals surface area contributed by atoms with Gasteiger partial charge in [-0.15, -0.1) is 0 Å². The standard InChI is InChI=1S/C10H20N4O/c1-14-8-9(7-12-14)3-4-10(13-11)5-6-15-2/h7-8,10,13H,3-6,11H2,1-2H3. The van der Waals surface area contributed by atoms with E-state index in [2.05, 4.69) is 10.5 Å². The van der Waals surface area contributed by atoms with Crippen molar-refractivity contribution in [2.24, 2.45) is 12.9 Å². The van der Waals surface area contributed by atoms with Gasteiger partial charge in [-0.1, -0.05) is 0 Å². The number of nitrogens with one attached hydrogen (secondary N) is 1. The molecule has 0 amide bonds. The van der Waals surface area contributed by atoms with Crippen LogP contribution < -0.4 is 11.3 Å². The van der Waals surface area contributed by atoms with Crippen LogP contribution in [0.3, 0.4) is 0 Å². The average molecular weight is 212 g/mol. The number of nitrogens with zero attached hydrogens (tertiary/aromatic N) is 2. The number of nitrogens with two attached hydrogens (primary N) is 1. The summed E-state index contributed by atoms with van der Waals surface area (Å²) in [6, 6.07) is 0.310. The normalized spacial score (nSPS) is 13.0. The second-order valence-electron chi connectivity index (χ2n) is 3.71. The summed E-state index contributed by atoms with van der Waals surface area (Å²) < 4.78 is 6.83. The van der Waals surface area contributed by atoms with Gasteiger partial charge in [-0.05, 0) is 24.8 Å². The van der Waals surface area contributed by atoms with Crippen LogP contribution in [0, 0.1) is 0 Å². The maximum atomic E-state index is 5.46. The van der Waals surface area contributed by atoms with Crippen LogP contribution in [0.4, 0.5) is 0 Å². The predicted molar refractivity (Wildman–Crippen MR) is 59.1 cm³/mol. The summed E-state index contributed by atoms with van der Waals surface area (Å²) in [7, 11) is 3.63. The Bertz CT molecular complexity index is 274. The lowest BCUT2D eigenvalue weighted by Gasteiger charge is -2.14. The minimum Gasteiger partial charge on any atom is -0.385 e. The van der Waals surface area contributed by atoms with Crippen molar-refractivity contribution in [3.8, 4) is 0 Å². The molecule has 0 aliphatic heterocycles. The molecule has 1 atom stereocenters. The smallest absolute Gasteiger partial charge is 0.0521 e. The Balaban J connectivity index is 2.27. The fraction of sp³-hybridized carbons (Fsp3) is 0.700. The van der Waals surface area contributed by atoms with E-state index in [0.717, 1.165) is 25.9 Å². The second kappa shape index (κ2) is 6.55. The van der Waals surface area contributed by atoms with Crippen molar-refractivity contribution < 1.29 is 4.74 Å². The Hall–Kier alpha value is -0.910. The quantitative estimate of drug-likeness (QED) is 0.501. The van der Waals surface area contributed by atoms with E-state index in [1.54, 1.807) is 7.11 Å². The van der Waals surface area contributed by atoms with Gasteiger partial charge < -0.3 is 4.74 Å². The van der Waals surface area contributed by atoms with Gasteiger partial charge in [0.25, 0.3) is 0 Å². The minimum absolute atomic E-state index is 0.310. The van der Waals surface area contributed by atoms with Crippen LogP contribution in [0.1, 0.15) is 18.4 Å². The molecule has 0 radical (unpaired) electrons. The summed E-state index contributed by atoms with van der Waals surface area (Å²) in [6.07, 6.45) is 6.86. The maximum absolute atomic E-state index is 5.46. The zero-order valence-corrected chi connectivity index (χ0v) is 9.44. The number of hydrazine groups is 1. The fourth-order valence-corrected chi connectivity index (χ4v) is 1.51. The highest BCUT2D eigenvalue weighted by Crippen LogP contribution is 2.05. The molecule has 5 heteroatoms. The molecule has 0 saturated carbocycles.